The molecule has 0 unspecified atom stereocenters. The molecule has 2 heteroatoms. The zero-order chi connectivity index (χ0) is 12.8. The smallest absolute Gasteiger partial charge is 0.134 e. The van der Waals surface area contributed by atoms with E-state index in [4.69, 9.17) is 0 Å². The van der Waals surface area contributed by atoms with E-state index >= 15 is 0 Å². The third kappa shape index (κ3) is 4.43. The standard InChI is InChI=1S/C15H21NO/c1-11(2)16-15(12(3)13(4)17)10-14-8-6-5-7-9-14/h5-9,12,15-16H,1,10H2,2-4H3/t12-,15-/m0/s1. The van der Waals surface area contributed by atoms with Gasteiger partial charge in [-0.2, -0.15) is 0 Å². The highest BCUT2D eigenvalue weighted by atomic mass is 16.1. The molecule has 92 valence electrons. The first-order valence-corrected chi connectivity index (χ1v) is 5.97. The molecule has 0 spiro atoms. The molecule has 0 fully saturated rings. The monoisotopic (exact) mass is 231 g/mol. The molecule has 1 aromatic carbocycles. The van der Waals surface area contributed by atoms with Crippen LogP contribution in [0, 0.1) is 5.92 Å². The Morgan fingerprint density at radius 3 is 2.35 bits per heavy atom. The van der Waals surface area contributed by atoms with Crippen LogP contribution >= 0.6 is 0 Å². The molecule has 2 atom stereocenters. The predicted molar refractivity (Wildman–Crippen MR) is 71.7 cm³/mol. The van der Waals surface area contributed by atoms with Crippen molar-refractivity contribution in [2.24, 2.45) is 5.92 Å². The average molecular weight is 231 g/mol. The fraction of sp³-hybridized carbons (Fsp3) is 0.400. The predicted octanol–water partition coefficient (Wildman–Crippen LogP) is 2.95. The third-order valence-corrected chi connectivity index (χ3v) is 2.98. The summed E-state index contributed by atoms with van der Waals surface area (Å²) in [7, 11) is 0. The normalized spacial score (nSPS) is 13.8. The molecule has 17 heavy (non-hydrogen) atoms. The van der Waals surface area contributed by atoms with Gasteiger partial charge in [-0.3, -0.25) is 4.79 Å². The first-order chi connectivity index (χ1) is 8.00. The second-order valence-corrected chi connectivity index (χ2v) is 4.62. The van der Waals surface area contributed by atoms with E-state index in [1.54, 1.807) is 6.92 Å². The van der Waals surface area contributed by atoms with Gasteiger partial charge in [0.2, 0.25) is 0 Å². The van der Waals surface area contributed by atoms with E-state index in [1.165, 1.54) is 5.56 Å². The van der Waals surface area contributed by atoms with E-state index in [2.05, 4.69) is 24.0 Å². The van der Waals surface area contributed by atoms with Crippen molar-refractivity contribution in [3.63, 3.8) is 0 Å². The number of Topliss-reactive ketones (excluding diaryl/α,β-unsaturated/α-hetero) is 1. The van der Waals surface area contributed by atoms with Gasteiger partial charge in [-0.25, -0.2) is 0 Å². The van der Waals surface area contributed by atoms with E-state index < -0.39 is 0 Å². The number of ketones is 1. The summed E-state index contributed by atoms with van der Waals surface area (Å²) in [6, 6.07) is 10.3. The van der Waals surface area contributed by atoms with Crippen molar-refractivity contribution in [2.75, 3.05) is 0 Å². The van der Waals surface area contributed by atoms with Gasteiger partial charge in [0.15, 0.2) is 0 Å². The summed E-state index contributed by atoms with van der Waals surface area (Å²) in [6.45, 7) is 9.38. The van der Waals surface area contributed by atoms with Gasteiger partial charge in [0.05, 0.1) is 0 Å². The zero-order valence-electron chi connectivity index (χ0n) is 10.9. The highest BCUT2D eigenvalue weighted by Gasteiger charge is 2.20. The number of hydrogen-bond acceptors (Lipinski definition) is 2. The summed E-state index contributed by atoms with van der Waals surface area (Å²) in [6.07, 6.45) is 0.842. The molecule has 0 aromatic heterocycles. The molecule has 0 radical (unpaired) electrons. The maximum atomic E-state index is 11.5. The largest absolute Gasteiger partial charge is 0.385 e. The quantitative estimate of drug-likeness (QED) is 0.815. The number of rotatable bonds is 6. The van der Waals surface area contributed by atoms with Crippen LogP contribution in [0.5, 0.6) is 0 Å². The lowest BCUT2D eigenvalue weighted by atomic mass is 9.92. The Hall–Kier alpha value is -1.57. The van der Waals surface area contributed by atoms with Crippen LogP contribution in [0.2, 0.25) is 0 Å². The lowest BCUT2D eigenvalue weighted by Gasteiger charge is -2.24. The highest BCUT2D eigenvalue weighted by Crippen LogP contribution is 2.12. The molecular formula is C15H21NO. The lowest BCUT2D eigenvalue weighted by Crippen LogP contribution is -2.38. The van der Waals surface area contributed by atoms with Crippen molar-refractivity contribution in [1.82, 2.24) is 5.32 Å². The van der Waals surface area contributed by atoms with Gasteiger partial charge in [0.25, 0.3) is 0 Å². The van der Waals surface area contributed by atoms with Crippen LogP contribution in [-0.4, -0.2) is 11.8 Å². The number of carbonyl (C=O) groups is 1. The topological polar surface area (TPSA) is 29.1 Å². The van der Waals surface area contributed by atoms with Crippen LogP contribution in [0.4, 0.5) is 0 Å². The van der Waals surface area contributed by atoms with Crippen LogP contribution < -0.4 is 5.32 Å². The van der Waals surface area contributed by atoms with Crippen molar-refractivity contribution >= 4 is 5.78 Å². The summed E-state index contributed by atoms with van der Waals surface area (Å²) in [5.74, 6) is 0.201. The van der Waals surface area contributed by atoms with E-state index in [-0.39, 0.29) is 17.7 Å². The van der Waals surface area contributed by atoms with Crippen molar-refractivity contribution in [2.45, 2.75) is 33.2 Å². The molecule has 1 aromatic rings. The van der Waals surface area contributed by atoms with Crippen molar-refractivity contribution in [3.8, 4) is 0 Å². The Morgan fingerprint density at radius 1 is 1.29 bits per heavy atom. The molecule has 1 N–H and O–H groups in total. The van der Waals surface area contributed by atoms with Gasteiger partial charge in [0, 0.05) is 17.7 Å². The number of hydrogen-bond donors (Lipinski definition) is 1. The number of carbonyl (C=O) groups excluding carboxylic acids is 1. The van der Waals surface area contributed by atoms with Crippen molar-refractivity contribution < 1.29 is 4.79 Å². The van der Waals surface area contributed by atoms with Gasteiger partial charge in [-0.1, -0.05) is 43.8 Å². The summed E-state index contributed by atoms with van der Waals surface area (Å²) >= 11 is 0. The summed E-state index contributed by atoms with van der Waals surface area (Å²) < 4.78 is 0. The Morgan fingerprint density at radius 2 is 1.88 bits per heavy atom. The minimum Gasteiger partial charge on any atom is -0.385 e. The highest BCUT2D eigenvalue weighted by molar-refractivity contribution is 5.78. The van der Waals surface area contributed by atoms with E-state index in [1.807, 2.05) is 32.0 Å². The van der Waals surface area contributed by atoms with Crippen LogP contribution in [0.3, 0.4) is 0 Å². The van der Waals surface area contributed by atoms with E-state index in [0.717, 1.165) is 12.1 Å². The first-order valence-electron chi connectivity index (χ1n) is 5.97. The minimum atomic E-state index is -0.00749. The maximum absolute atomic E-state index is 11.5. The third-order valence-electron chi connectivity index (χ3n) is 2.98. The molecule has 0 amide bonds. The van der Waals surface area contributed by atoms with Gasteiger partial charge < -0.3 is 5.32 Å². The fourth-order valence-electron chi connectivity index (χ4n) is 1.82. The minimum absolute atomic E-state index is 0.00749. The van der Waals surface area contributed by atoms with Gasteiger partial charge in [-0.15, -0.1) is 0 Å². The second kappa shape index (κ2) is 6.24. The average Bonchev–Trinajstić information content (AvgIpc) is 2.28. The maximum Gasteiger partial charge on any atom is 0.134 e. The van der Waals surface area contributed by atoms with Crippen molar-refractivity contribution in [3.05, 3.63) is 48.2 Å². The molecule has 0 aliphatic rings. The van der Waals surface area contributed by atoms with Gasteiger partial charge >= 0.3 is 0 Å². The number of allylic oxidation sites excluding steroid dienone is 1. The number of benzene rings is 1. The Bertz CT molecular complexity index is 383. The molecule has 2 nitrogen and oxygen atoms in total. The first kappa shape index (κ1) is 13.5. The van der Waals surface area contributed by atoms with Crippen LogP contribution in [0.15, 0.2) is 42.6 Å². The molecule has 0 aliphatic carbocycles. The van der Waals surface area contributed by atoms with E-state index in [9.17, 15) is 4.79 Å². The summed E-state index contributed by atoms with van der Waals surface area (Å²) in [5, 5.41) is 3.29. The summed E-state index contributed by atoms with van der Waals surface area (Å²) in [5.41, 5.74) is 2.14. The van der Waals surface area contributed by atoms with Crippen LogP contribution in [0.25, 0.3) is 0 Å². The Kier molecular flexibility index (Phi) is 4.95. The SMILES string of the molecule is C=C(C)N[C@@H](Cc1ccccc1)[C@@H](C)C(C)=O. The molecule has 0 aliphatic heterocycles. The van der Waals surface area contributed by atoms with Gasteiger partial charge in [0.1, 0.15) is 5.78 Å². The van der Waals surface area contributed by atoms with Crippen molar-refractivity contribution in [1.29, 1.82) is 0 Å². The number of nitrogens with one attached hydrogen (secondary N) is 1. The van der Waals surface area contributed by atoms with Crippen LogP contribution in [-0.2, 0) is 11.2 Å². The Balaban J connectivity index is 2.77. The molecule has 1 rings (SSSR count). The Labute approximate surface area is 104 Å². The van der Waals surface area contributed by atoms with E-state index in [0.29, 0.717) is 0 Å². The fourth-order valence-corrected chi connectivity index (χ4v) is 1.82. The second-order valence-electron chi connectivity index (χ2n) is 4.62. The molecule has 0 bridgehead atoms. The molecule has 0 heterocycles. The van der Waals surface area contributed by atoms with Crippen LogP contribution in [0.1, 0.15) is 26.3 Å². The summed E-state index contributed by atoms with van der Waals surface area (Å²) in [4.78, 5) is 11.5. The molecule has 0 saturated heterocycles. The zero-order valence-corrected chi connectivity index (χ0v) is 10.9. The molecular weight excluding hydrogens is 210 g/mol. The lowest BCUT2D eigenvalue weighted by molar-refractivity contribution is -0.121. The molecule has 0 saturated carbocycles. The van der Waals surface area contributed by atoms with Gasteiger partial charge in [-0.05, 0) is 25.8 Å².